The van der Waals surface area contributed by atoms with E-state index in [0.29, 0.717) is 6.61 Å². The highest BCUT2D eigenvalue weighted by Gasteiger charge is 2.30. The monoisotopic (exact) mass is 269 g/mol. The third-order valence-electron chi connectivity index (χ3n) is 3.84. The van der Waals surface area contributed by atoms with Gasteiger partial charge in [-0.1, -0.05) is 36.4 Å². The van der Waals surface area contributed by atoms with Crippen molar-refractivity contribution in [2.75, 3.05) is 7.11 Å². The van der Waals surface area contributed by atoms with Crippen molar-refractivity contribution in [1.82, 2.24) is 0 Å². The lowest BCUT2D eigenvalue weighted by atomic mass is 10.1. The fraction of sp³-hybridized carbons (Fsp3) is 0.294. The van der Waals surface area contributed by atoms with E-state index in [1.165, 1.54) is 11.1 Å². The Morgan fingerprint density at radius 2 is 1.95 bits per heavy atom. The van der Waals surface area contributed by atoms with E-state index in [1.807, 2.05) is 30.3 Å². The van der Waals surface area contributed by atoms with E-state index in [-0.39, 0.29) is 12.1 Å². The van der Waals surface area contributed by atoms with Crippen molar-refractivity contribution in [3.05, 3.63) is 65.2 Å². The maximum atomic E-state index is 6.30. The molecule has 0 aliphatic heterocycles. The number of methoxy groups -OCH3 is 1. The van der Waals surface area contributed by atoms with Crippen LogP contribution in [0.4, 0.5) is 0 Å². The van der Waals surface area contributed by atoms with Crippen LogP contribution in [-0.4, -0.2) is 13.2 Å². The number of fused-ring (bicyclic) bond motifs is 1. The fourth-order valence-corrected chi connectivity index (χ4v) is 2.68. The molecule has 20 heavy (non-hydrogen) atoms. The summed E-state index contributed by atoms with van der Waals surface area (Å²) in [7, 11) is 1.67. The first-order valence-corrected chi connectivity index (χ1v) is 6.86. The van der Waals surface area contributed by atoms with E-state index in [4.69, 9.17) is 15.2 Å². The second-order valence-corrected chi connectivity index (χ2v) is 5.13. The van der Waals surface area contributed by atoms with Gasteiger partial charge in [0.2, 0.25) is 0 Å². The molecule has 3 nitrogen and oxygen atoms in total. The van der Waals surface area contributed by atoms with Crippen LogP contribution in [0.15, 0.2) is 48.5 Å². The van der Waals surface area contributed by atoms with Gasteiger partial charge in [0.25, 0.3) is 0 Å². The Kier molecular flexibility index (Phi) is 3.72. The van der Waals surface area contributed by atoms with Crippen molar-refractivity contribution in [2.24, 2.45) is 5.73 Å². The molecule has 0 aromatic heterocycles. The van der Waals surface area contributed by atoms with Crippen LogP contribution in [0.1, 0.15) is 22.7 Å². The van der Waals surface area contributed by atoms with Crippen molar-refractivity contribution in [3.8, 4) is 5.75 Å². The highest BCUT2D eigenvalue weighted by atomic mass is 16.5. The molecule has 0 saturated heterocycles. The minimum Gasteiger partial charge on any atom is -0.497 e. The standard InChI is InChI=1S/C17H19NO2/c1-19-14-8-7-13-9-16(17(18)15(13)10-14)20-11-12-5-3-2-4-6-12/h2-8,10,16-17H,9,11,18H2,1H3. The summed E-state index contributed by atoms with van der Waals surface area (Å²) < 4.78 is 11.2. The van der Waals surface area contributed by atoms with Gasteiger partial charge in [0.15, 0.2) is 0 Å². The van der Waals surface area contributed by atoms with Gasteiger partial charge in [-0.2, -0.15) is 0 Å². The molecular formula is C17H19NO2. The van der Waals surface area contributed by atoms with Gasteiger partial charge in [-0.25, -0.2) is 0 Å². The summed E-state index contributed by atoms with van der Waals surface area (Å²) in [5, 5.41) is 0. The molecule has 0 spiro atoms. The molecular weight excluding hydrogens is 250 g/mol. The third kappa shape index (κ3) is 2.55. The van der Waals surface area contributed by atoms with E-state index in [0.717, 1.165) is 17.7 Å². The lowest BCUT2D eigenvalue weighted by molar-refractivity contribution is 0.0313. The third-order valence-corrected chi connectivity index (χ3v) is 3.84. The summed E-state index contributed by atoms with van der Waals surface area (Å²) in [6.45, 7) is 0.602. The molecule has 0 amide bonds. The van der Waals surface area contributed by atoms with E-state index in [9.17, 15) is 0 Å². The highest BCUT2D eigenvalue weighted by Crippen LogP contribution is 2.34. The van der Waals surface area contributed by atoms with Gasteiger partial charge in [0, 0.05) is 6.42 Å². The SMILES string of the molecule is COc1ccc2c(c1)C(N)C(OCc1ccccc1)C2. The van der Waals surface area contributed by atoms with Gasteiger partial charge in [-0.15, -0.1) is 0 Å². The molecule has 0 bridgehead atoms. The van der Waals surface area contributed by atoms with E-state index in [1.54, 1.807) is 7.11 Å². The van der Waals surface area contributed by atoms with Gasteiger partial charge in [0.1, 0.15) is 5.75 Å². The van der Waals surface area contributed by atoms with Crippen LogP contribution in [0.25, 0.3) is 0 Å². The molecule has 0 radical (unpaired) electrons. The lowest BCUT2D eigenvalue weighted by Gasteiger charge is -2.17. The number of rotatable bonds is 4. The molecule has 2 aromatic rings. The minimum atomic E-state index is -0.0798. The zero-order valence-corrected chi connectivity index (χ0v) is 11.6. The predicted molar refractivity (Wildman–Crippen MR) is 78.6 cm³/mol. The van der Waals surface area contributed by atoms with Crippen LogP contribution in [-0.2, 0) is 17.8 Å². The zero-order chi connectivity index (χ0) is 13.9. The van der Waals surface area contributed by atoms with E-state index >= 15 is 0 Å². The molecule has 0 saturated carbocycles. The van der Waals surface area contributed by atoms with Crippen molar-refractivity contribution in [3.63, 3.8) is 0 Å². The minimum absolute atomic E-state index is 0.0392. The lowest BCUT2D eigenvalue weighted by Crippen LogP contribution is -2.25. The summed E-state index contributed by atoms with van der Waals surface area (Å²) in [5.41, 5.74) is 9.87. The topological polar surface area (TPSA) is 44.5 Å². The fourth-order valence-electron chi connectivity index (χ4n) is 2.68. The molecule has 3 rings (SSSR count). The van der Waals surface area contributed by atoms with Crippen molar-refractivity contribution >= 4 is 0 Å². The second-order valence-electron chi connectivity index (χ2n) is 5.13. The first-order valence-electron chi connectivity index (χ1n) is 6.86. The Hall–Kier alpha value is -1.84. The van der Waals surface area contributed by atoms with Crippen LogP contribution in [0.5, 0.6) is 5.75 Å². The van der Waals surface area contributed by atoms with Crippen LogP contribution >= 0.6 is 0 Å². The maximum absolute atomic E-state index is 6.30. The summed E-state index contributed by atoms with van der Waals surface area (Å²) in [4.78, 5) is 0. The Balaban J connectivity index is 1.69. The van der Waals surface area contributed by atoms with Gasteiger partial charge in [0.05, 0.1) is 25.9 Å². The van der Waals surface area contributed by atoms with Gasteiger partial charge < -0.3 is 15.2 Å². The Bertz CT molecular complexity index is 583. The zero-order valence-electron chi connectivity index (χ0n) is 11.6. The number of nitrogens with two attached hydrogens (primary N) is 1. The maximum Gasteiger partial charge on any atom is 0.119 e. The number of hydrogen-bond acceptors (Lipinski definition) is 3. The van der Waals surface area contributed by atoms with Crippen LogP contribution in [0.3, 0.4) is 0 Å². The smallest absolute Gasteiger partial charge is 0.119 e. The summed E-state index contributed by atoms with van der Waals surface area (Å²) >= 11 is 0. The molecule has 1 aliphatic rings. The largest absolute Gasteiger partial charge is 0.497 e. The summed E-state index contributed by atoms with van der Waals surface area (Å²) in [6, 6.07) is 16.2. The van der Waals surface area contributed by atoms with Gasteiger partial charge in [-0.3, -0.25) is 0 Å². The molecule has 1 aliphatic carbocycles. The van der Waals surface area contributed by atoms with E-state index in [2.05, 4.69) is 18.2 Å². The van der Waals surface area contributed by atoms with Crippen molar-refractivity contribution in [2.45, 2.75) is 25.2 Å². The normalized spacial score (nSPS) is 20.7. The quantitative estimate of drug-likeness (QED) is 0.928. The van der Waals surface area contributed by atoms with Crippen molar-refractivity contribution in [1.29, 1.82) is 0 Å². The van der Waals surface area contributed by atoms with Crippen molar-refractivity contribution < 1.29 is 9.47 Å². The Morgan fingerprint density at radius 3 is 2.70 bits per heavy atom. The van der Waals surface area contributed by atoms with Crippen LogP contribution in [0.2, 0.25) is 0 Å². The molecule has 3 heteroatoms. The Labute approximate surface area is 119 Å². The van der Waals surface area contributed by atoms with Gasteiger partial charge >= 0.3 is 0 Å². The molecule has 2 unspecified atom stereocenters. The van der Waals surface area contributed by atoms with Crippen LogP contribution < -0.4 is 10.5 Å². The molecule has 0 fully saturated rings. The number of benzene rings is 2. The van der Waals surface area contributed by atoms with Gasteiger partial charge in [-0.05, 0) is 28.8 Å². The molecule has 0 heterocycles. The Morgan fingerprint density at radius 1 is 1.15 bits per heavy atom. The summed E-state index contributed by atoms with van der Waals surface area (Å²) in [5.74, 6) is 0.850. The first kappa shape index (κ1) is 13.2. The highest BCUT2D eigenvalue weighted by molar-refractivity contribution is 5.42. The molecule has 2 atom stereocenters. The average molecular weight is 269 g/mol. The predicted octanol–water partition coefficient (Wildman–Crippen LogP) is 2.84. The molecule has 104 valence electrons. The molecule has 2 aromatic carbocycles. The van der Waals surface area contributed by atoms with E-state index < -0.39 is 0 Å². The number of hydrogen-bond donors (Lipinski definition) is 1. The second kappa shape index (κ2) is 5.65. The first-order chi connectivity index (χ1) is 9.78. The van der Waals surface area contributed by atoms with Crippen LogP contribution in [0, 0.1) is 0 Å². The average Bonchev–Trinajstić information content (AvgIpc) is 2.82. The summed E-state index contributed by atoms with van der Waals surface area (Å²) in [6.07, 6.45) is 0.908. The number of ether oxygens (including phenoxy) is 2. The molecule has 2 N–H and O–H groups in total.